The number of unbranched alkanes of at least 4 members (excludes halogenated alkanes) is 3. The van der Waals surface area contributed by atoms with Crippen LogP contribution in [-0.4, -0.2) is 6.54 Å². The summed E-state index contributed by atoms with van der Waals surface area (Å²) in [6.07, 6.45) is 5.07. The molecule has 0 atom stereocenters. The van der Waals surface area contributed by atoms with Gasteiger partial charge in [-0.15, -0.1) is 0 Å². The molecule has 0 unspecified atom stereocenters. The molecule has 2 nitrogen and oxygen atoms in total. The SMILES string of the molecule is CCCCCCNCc1oc2ccc(C)cc2c1-c1ccc(Cl)cc1. The minimum atomic E-state index is 0.748. The first-order valence-corrected chi connectivity index (χ1v) is 9.55. The molecular weight excluding hydrogens is 330 g/mol. The van der Waals surface area contributed by atoms with E-state index in [1.165, 1.54) is 42.2 Å². The summed E-state index contributed by atoms with van der Waals surface area (Å²) in [7, 11) is 0. The summed E-state index contributed by atoms with van der Waals surface area (Å²) in [4.78, 5) is 0. The molecular formula is C22H26ClNO. The van der Waals surface area contributed by atoms with E-state index in [4.69, 9.17) is 16.0 Å². The van der Waals surface area contributed by atoms with Crippen molar-refractivity contribution in [1.82, 2.24) is 5.32 Å². The number of hydrogen-bond acceptors (Lipinski definition) is 2. The lowest BCUT2D eigenvalue weighted by atomic mass is 10.0. The van der Waals surface area contributed by atoms with Crippen LogP contribution in [0.2, 0.25) is 5.02 Å². The van der Waals surface area contributed by atoms with Gasteiger partial charge in [0, 0.05) is 16.0 Å². The van der Waals surface area contributed by atoms with Crippen LogP contribution in [0, 0.1) is 6.92 Å². The Morgan fingerprint density at radius 2 is 1.80 bits per heavy atom. The molecule has 3 aromatic rings. The second-order valence-corrected chi connectivity index (χ2v) is 7.08. The molecule has 0 saturated carbocycles. The van der Waals surface area contributed by atoms with Gasteiger partial charge < -0.3 is 9.73 Å². The number of furan rings is 1. The second-order valence-electron chi connectivity index (χ2n) is 6.64. The van der Waals surface area contributed by atoms with Gasteiger partial charge in [0.05, 0.1) is 6.54 Å². The molecule has 0 bridgehead atoms. The Labute approximate surface area is 155 Å². The highest BCUT2D eigenvalue weighted by Gasteiger charge is 2.16. The molecule has 0 saturated heterocycles. The number of rotatable bonds is 8. The number of aryl methyl sites for hydroxylation is 1. The smallest absolute Gasteiger partial charge is 0.135 e. The maximum absolute atomic E-state index is 6.17. The van der Waals surface area contributed by atoms with E-state index < -0.39 is 0 Å². The van der Waals surface area contributed by atoms with Crippen molar-refractivity contribution in [2.45, 2.75) is 46.1 Å². The minimum Gasteiger partial charge on any atom is -0.459 e. The van der Waals surface area contributed by atoms with Crippen LogP contribution < -0.4 is 5.32 Å². The third kappa shape index (κ3) is 4.45. The average molecular weight is 356 g/mol. The second kappa shape index (κ2) is 8.55. The Hall–Kier alpha value is -1.77. The molecule has 25 heavy (non-hydrogen) atoms. The lowest BCUT2D eigenvalue weighted by Gasteiger charge is -2.06. The van der Waals surface area contributed by atoms with E-state index in [1.807, 2.05) is 12.1 Å². The minimum absolute atomic E-state index is 0.748. The van der Waals surface area contributed by atoms with Crippen LogP contribution in [0.15, 0.2) is 46.9 Å². The molecule has 1 heterocycles. The van der Waals surface area contributed by atoms with Gasteiger partial charge in [-0.1, -0.05) is 61.5 Å². The molecule has 0 aliphatic heterocycles. The monoisotopic (exact) mass is 355 g/mol. The average Bonchev–Trinajstić information content (AvgIpc) is 2.96. The van der Waals surface area contributed by atoms with Gasteiger partial charge in [-0.25, -0.2) is 0 Å². The van der Waals surface area contributed by atoms with E-state index in [0.717, 1.165) is 35.0 Å². The first-order valence-electron chi connectivity index (χ1n) is 9.17. The van der Waals surface area contributed by atoms with Crippen molar-refractivity contribution >= 4 is 22.6 Å². The van der Waals surface area contributed by atoms with Crippen molar-refractivity contribution in [1.29, 1.82) is 0 Å². The molecule has 3 heteroatoms. The van der Waals surface area contributed by atoms with Gasteiger partial charge in [0.2, 0.25) is 0 Å². The highest BCUT2D eigenvalue weighted by molar-refractivity contribution is 6.30. The van der Waals surface area contributed by atoms with Gasteiger partial charge in [-0.05, 0) is 49.7 Å². The molecule has 132 valence electrons. The topological polar surface area (TPSA) is 25.2 Å². The summed E-state index contributed by atoms with van der Waals surface area (Å²) in [6.45, 7) is 6.12. The lowest BCUT2D eigenvalue weighted by molar-refractivity contribution is 0.506. The van der Waals surface area contributed by atoms with Gasteiger partial charge in [0.25, 0.3) is 0 Å². The third-order valence-electron chi connectivity index (χ3n) is 4.54. The molecule has 0 amide bonds. The van der Waals surface area contributed by atoms with E-state index in [-0.39, 0.29) is 0 Å². The van der Waals surface area contributed by atoms with Crippen molar-refractivity contribution in [2.75, 3.05) is 6.54 Å². The highest BCUT2D eigenvalue weighted by Crippen LogP contribution is 2.36. The van der Waals surface area contributed by atoms with E-state index in [9.17, 15) is 0 Å². The maximum atomic E-state index is 6.17. The predicted octanol–water partition coefficient (Wildman–Crippen LogP) is 6.73. The van der Waals surface area contributed by atoms with Crippen molar-refractivity contribution in [3.05, 3.63) is 58.8 Å². The van der Waals surface area contributed by atoms with Crippen molar-refractivity contribution in [3.8, 4) is 11.1 Å². The van der Waals surface area contributed by atoms with Crippen LogP contribution in [0.25, 0.3) is 22.1 Å². The van der Waals surface area contributed by atoms with Crippen molar-refractivity contribution < 1.29 is 4.42 Å². The molecule has 0 aliphatic carbocycles. The summed E-state index contributed by atoms with van der Waals surface area (Å²) < 4.78 is 6.17. The molecule has 1 N–H and O–H groups in total. The number of hydrogen-bond donors (Lipinski definition) is 1. The summed E-state index contributed by atoms with van der Waals surface area (Å²) in [5.41, 5.74) is 4.51. The van der Waals surface area contributed by atoms with Crippen LogP contribution in [0.4, 0.5) is 0 Å². The van der Waals surface area contributed by atoms with Crippen molar-refractivity contribution in [2.24, 2.45) is 0 Å². The summed E-state index contributed by atoms with van der Waals surface area (Å²) in [5.74, 6) is 0.999. The third-order valence-corrected chi connectivity index (χ3v) is 4.79. The number of nitrogens with one attached hydrogen (secondary N) is 1. The first kappa shape index (κ1) is 18.0. The lowest BCUT2D eigenvalue weighted by Crippen LogP contribution is -2.14. The van der Waals surface area contributed by atoms with Crippen LogP contribution in [0.5, 0.6) is 0 Å². The van der Waals surface area contributed by atoms with E-state index in [0.29, 0.717) is 0 Å². The van der Waals surface area contributed by atoms with Crippen LogP contribution >= 0.6 is 11.6 Å². The summed E-state index contributed by atoms with van der Waals surface area (Å²) >= 11 is 6.06. The Morgan fingerprint density at radius 3 is 2.56 bits per heavy atom. The van der Waals surface area contributed by atoms with Gasteiger partial charge in [0.15, 0.2) is 0 Å². The molecule has 1 aromatic heterocycles. The zero-order valence-electron chi connectivity index (χ0n) is 15.1. The maximum Gasteiger partial charge on any atom is 0.135 e. The molecule has 2 aromatic carbocycles. The largest absolute Gasteiger partial charge is 0.459 e. The van der Waals surface area contributed by atoms with Gasteiger partial charge in [0.1, 0.15) is 11.3 Å². The number of benzene rings is 2. The fourth-order valence-electron chi connectivity index (χ4n) is 3.20. The Bertz CT molecular complexity index is 820. The van der Waals surface area contributed by atoms with Crippen LogP contribution in [0.1, 0.15) is 43.9 Å². The van der Waals surface area contributed by atoms with E-state index >= 15 is 0 Å². The Morgan fingerprint density at radius 1 is 1.00 bits per heavy atom. The van der Waals surface area contributed by atoms with Crippen LogP contribution in [-0.2, 0) is 6.54 Å². The first-order chi connectivity index (χ1) is 12.2. The fourth-order valence-corrected chi connectivity index (χ4v) is 3.32. The Balaban J connectivity index is 1.86. The standard InChI is InChI=1S/C22H26ClNO/c1-3-4-5-6-13-24-15-21-22(17-8-10-18(23)11-9-17)19-14-16(2)7-12-20(19)25-21/h7-12,14,24H,3-6,13,15H2,1-2H3. The summed E-state index contributed by atoms with van der Waals surface area (Å²) in [6, 6.07) is 14.4. The van der Waals surface area contributed by atoms with E-state index in [1.54, 1.807) is 0 Å². The van der Waals surface area contributed by atoms with E-state index in [2.05, 4.69) is 49.5 Å². The number of halogens is 1. The number of fused-ring (bicyclic) bond motifs is 1. The normalized spacial score (nSPS) is 11.3. The quantitative estimate of drug-likeness (QED) is 0.453. The molecule has 3 rings (SSSR count). The van der Waals surface area contributed by atoms with Gasteiger partial charge >= 0.3 is 0 Å². The van der Waals surface area contributed by atoms with Gasteiger partial charge in [-0.3, -0.25) is 0 Å². The van der Waals surface area contributed by atoms with Crippen LogP contribution in [0.3, 0.4) is 0 Å². The van der Waals surface area contributed by atoms with Gasteiger partial charge in [-0.2, -0.15) is 0 Å². The zero-order valence-corrected chi connectivity index (χ0v) is 15.8. The summed E-state index contributed by atoms with van der Waals surface area (Å²) in [5, 5.41) is 5.46. The predicted molar refractivity (Wildman–Crippen MR) is 107 cm³/mol. The van der Waals surface area contributed by atoms with Crippen molar-refractivity contribution in [3.63, 3.8) is 0 Å². The molecule has 0 fully saturated rings. The Kier molecular flexibility index (Phi) is 6.17. The molecule has 0 radical (unpaired) electrons. The highest BCUT2D eigenvalue weighted by atomic mass is 35.5. The zero-order chi connectivity index (χ0) is 17.6. The molecule has 0 spiro atoms. The fraction of sp³-hybridized carbons (Fsp3) is 0.364. The molecule has 0 aliphatic rings.